The summed E-state index contributed by atoms with van der Waals surface area (Å²) in [6, 6.07) is 8.14. The van der Waals surface area contributed by atoms with Gasteiger partial charge in [-0.25, -0.2) is 0 Å². The number of benzene rings is 1. The average molecular weight is 323 g/mol. The van der Waals surface area contributed by atoms with Gasteiger partial charge >= 0.3 is 0 Å². The number of aliphatic hydroxyl groups excluding tert-OH is 1. The molecule has 1 heterocycles. The van der Waals surface area contributed by atoms with E-state index in [2.05, 4.69) is 26.0 Å². The van der Waals surface area contributed by atoms with E-state index in [0.717, 1.165) is 24.4 Å². The van der Waals surface area contributed by atoms with Crippen LogP contribution < -0.4 is 4.90 Å². The first kappa shape index (κ1) is 16.3. The molecule has 1 saturated heterocycles. The maximum atomic E-state index is 11.0. The zero-order valence-electron chi connectivity index (χ0n) is 13.9. The maximum absolute atomic E-state index is 11.0. The molecule has 2 N–H and O–H groups in total. The molecule has 1 saturated carbocycles. The lowest BCUT2D eigenvalue weighted by molar-refractivity contribution is -0.916. The molecule has 3 rings (SSSR count). The number of quaternary nitrogens is 1. The highest BCUT2D eigenvalue weighted by atomic mass is 35.5. The summed E-state index contributed by atoms with van der Waals surface area (Å²) >= 11 is 6.02. The van der Waals surface area contributed by atoms with Crippen LogP contribution >= 0.6 is 11.6 Å². The van der Waals surface area contributed by atoms with Crippen LogP contribution in [0.3, 0.4) is 0 Å². The Morgan fingerprint density at radius 2 is 1.82 bits per heavy atom. The summed E-state index contributed by atoms with van der Waals surface area (Å²) in [7, 11) is 0. The summed E-state index contributed by atoms with van der Waals surface area (Å²) in [5.41, 5.74) is 1.66. The normalized spacial score (nSPS) is 27.9. The van der Waals surface area contributed by atoms with Gasteiger partial charge in [0.25, 0.3) is 0 Å². The van der Waals surface area contributed by atoms with Crippen molar-refractivity contribution in [2.24, 2.45) is 5.41 Å². The number of aliphatic hydroxyl groups is 1. The maximum Gasteiger partial charge on any atom is 0.112 e. The van der Waals surface area contributed by atoms with Gasteiger partial charge in [-0.1, -0.05) is 44.0 Å². The lowest BCUT2D eigenvalue weighted by Crippen LogP contribution is -3.15. The van der Waals surface area contributed by atoms with E-state index in [-0.39, 0.29) is 11.5 Å². The van der Waals surface area contributed by atoms with Crippen LogP contribution in [-0.4, -0.2) is 30.8 Å². The number of likely N-dealkylation sites (tertiary alicyclic amines) is 1. The molecule has 2 nitrogen and oxygen atoms in total. The molecule has 0 amide bonds. The Morgan fingerprint density at radius 3 is 2.36 bits per heavy atom. The molecule has 2 atom stereocenters. The van der Waals surface area contributed by atoms with Crippen LogP contribution in [0.2, 0.25) is 5.02 Å². The number of rotatable bonds is 4. The van der Waals surface area contributed by atoms with E-state index in [1.807, 2.05) is 12.1 Å². The summed E-state index contributed by atoms with van der Waals surface area (Å²) in [5, 5.41) is 11.8. The Labute approximate surface area is 139 Å². The molecular formula is C19H29ClNO+. The second-order valence-electron chi connectivity index (χ2n) is 8.18. The largest absolute Gasteiger partial charge is 0.386 e. The van der Waals surface area contributed by atoms with E-state index in [1.54, 1.807) is 4.90 Å². The third-order valence-electron chi connectivity index (χ3n) is 5.90. The van der Waals surface area contributed by atoms with Gasteiger partial charge in [-0.2, -0.15) is 0 Å². The Balaban J connectivity index is 1.72. The SMILES string of the molecule is CC1(C)CCC[NH+](CC(O)C2(c3ccc(Cl)cc3)CCC2)C1. The van der Waals surface area contributed by atoms with E-state index in [9.17, 15) is 5.11 Å². The van der Waals surface area contributed by atoms with Crippen LogP contribution in [0.5, 0.6) is 0 Å². The Kier molecular flexibility index (Phi) is 4.55. The van der Waals surface area contributed by atoms with Crippen molar-refractivity contribution in [1.29, 1.82) is 0 Å². The van der Waals surface area contributed by atoms with Crippen LogP contribution in [0.1, 0.15) is 51.5 Å². The van der Waals surface area contributed by atoms with Crippen LogP contribution in [0.15, 0.2) is 24.3 Å². The van der Waals surface area contributed by atoms with E-state index < -0.39 is 0 Å². The van der Waals surface area contributed by atoms with E-state index >= 15 is 0 Å². The summed E-state index contributed by atoms with van der Waals surface area (Å²) in [4.78, 5) is 1.57. The molecule has 1 aromatic carbocycles. The van der Waals surface area contributed by atoms with Gasteiger partial charge in [-0.15, -0.1) is 0 Å². The van der Waals surface area contributed by atoms with Crippen molar-refractivity contribution in [3.8, 4) is 0 Å². The first-order chi connectivity index (χ1) is 10.4. The van der Waals surface area contributed by atoms with Gasteiger partial charge in [0.05, 0.1) is 13.1 Å². The molecule has 1 aliphatic carbocycles. The van der Waals surface area contributed by atoms with Crippen molar-refractivity contribution in [2.75, 3.05) is 19.6 Å². The molecule has 2 aliphatic rings. The molecular weight excluding hydrogens is 294 g/mol. The van der Waals surface area contributed by atoms with Crippen LogP contribution in [-0.2, 0) is 5.41 Å². The predicted molar refractivity (Wildman–Crippen MR) is 91.6 cm³/mol. The van der Waals surface area contributed by atoms with Gasteiger partial charge in [-0.05, 0) is 43.4 Å². The van der Waals surface area contributed by atoms with E-state index in [0.29, 0.717) is 5.41 Å². The number of hydrogen-bond donors (Lipinski definition) is 2. The van der Waals surface area contributed by atoms with Gasteiger partial charge in [-0.3, -0.25) is 0 Å². The molecule has 3 heteroatoms. The minimum atomic E-state index is -0.244. The highest BCUT2D eigenvalue weighted by Crippen LogP contribution is 2.46. The minimum absolute atomic E-state index is 0.0286. The molecule has 2 unspecified atom stereocenters. The molecule has 1 aromatic rings. The standard InChI is InChI=1S/C19H28ClNO/c1-18(2)9-4-12-21(14-18)13-17(22)19(10-3-11-19)15-5-7-16(20)8-6-15/h5-8,17,22H,3-4,9-14H2,1-2H3/p+1. The molecule has 0 radical (unpaired) electrons. The second-order valence-corrected chi connectivity index (χ2v) is 8.62. The fourth-order valence-corrected chi connectivity index (χ4v) is 4.59. The van der Waals surface area contributed by atoms with Crippen molar-refractivity contribution < 1.29 is 10.0 Å². The number of piperidine rings is 1. The van der Waals surface area contributed by atoms with Crippen molar-refractivity contribution in [3.63, 3.8) is 0 Å². The zero-order valence-corrected chi connectivity index (χ0v) is 14.6. The van der Waals surface area contributed by atoms with E-state index in [4.69, 9.17) is 11.6 Å². The second kappa shape index (κ2) is 6.14. The Morgan fingerprint density at radius 1 is 1.14 bits per heavy atom. The van der Waals surface area contributed by atoms with Crippen LogP contribution in [0.25, 0.3) is 0 Å². The molecule has 1 aliphatic heterocycles. The third-order valence-corrected chi connectivity index (χ3v) is 6.15. The van der Waals surface area contributed by atoms with Crippen molar-refractivity contribution >= 4 is 11.6 Å². The third kappa shape index (κ3) is 3.20. The lowest BCUT2D eigenvalue weighted by atomic mass is 9.61. The highest BCUT2D eigenvalue weighted by Gasteiger charge is 2.47. The molecule has 0 spiro atoms. The summed E-state index contributed by atoms with van der Waals surface area (Å²) in [6.07, 6.45) is 5.78. The zero-order chi connectivity index (χ0) is 15.8. The summed E-state index contributed by atoms with van der Waals surface area (Å²) < 4.78 is 0. The highest BCUT2D eigenvalue weighted by molar-refractivity contribution is 6.30. The molecule has 122 valence electrons. The van der Waals surface area contributed by atoms with Crippen molar-refractivity contribution in [2.45, 2.75) is 57.5 Å². The van der Waals surface area contributed by atoms with Crippen molar-refractivity contribution in [1.82, 2.24) is 0 Å². The minimum Gasteiger partial charge on any atom is -0.386 e. The number of hydrogen-bond acceptors (Lipinski definition) is 1. The van der Waals surface area contributed by atoms with Gasteiger partial charge in [0.15, 0.2) is 0 Å². The van der Waals surface area contributed by atoms with Crippen LogP contribution in [0, 0.1) is 5.41 Å². The number of nitrogens with one attached hydrogen (secondary N) is 1. The fraction of sp³-hybridized carbons (Fsp3) is 0.684. The monoisotopic (exact) mass is 322 g/mol. The molecule has 0 bridgehead atoms. The smallest absolute Gasteiger partial charge is 0.112 e. The quantitative estimate of drug-likeness (QED) is 0.875. The number of halogens is 1. The topological polar surface area (TPSA) is 24.7 Å². The van der Waals surface area contributed by atoms with Gasteiger partial charge in [0, 0.05) is 15.9 Å². The lowest BCUT2D eigenvalue weighted by Gasteiger charge is -2.47. The summed E-state index contributed by atoms with van der Waals surface area (Å²) in [6.45, 7) is 7.98. The fourth-order valence-electron chi connectivity index (χ4n) is 4.47. The Bertz CT molecular complexity index is 507. The Hall–Kier alpha value is -0.570. The molecule has 0 aromatic heterocycles. The average Bonchev–Trinajstić information content (AvgIpc) is 2.38. The van der Waals surface area contributed by atoms with Crippen LogP contribution in [0.4, 0.5) is 0 Å². The molecule has 22 heavy (non-hydrogen) atoms. The first-order valence-electron chi connectivity index (χ1n) is 8.69. The van der Waals surface area contributed by atoms with Gasteiger partial charge < -0.3 is 10.0 Å². The predicted octanol–water partition coefficient (Wildman–Crippen LogP) is 2.83. The van der Waals surface area contributed by atoms with Gasteiger partial charge in [0.1, 0.15) is 12.6 Å². The van der Waals surface area contributed by atoms with Gasteiger partial charge in [0.2, 0.25) is 0 Å². The molecule has 2 fully saturated rings. The van der Waals surface area contributed by atoms with Crippen molar-refractivity contribution in [3.05, 3.63) is 34.9 Å². The van der Waals surface area contributed by atoms with E-state index in [1.165, 1.54) is 37.9 Å². The first-order valence-corrected chi connectivity index (χ1v) is 9.07. The summed E-state index contributed by atoms with van der Waals surface area (Å²) in [5.74, 6) is 0.